The molecule has 116 valence electrons. The first-order valence-corrected chi connectivity index (χ1v) is 7.88. The minimum Gasteiger partial charge on any atom is -0.464 e. The number of hydrogen-bond acceptors (Lipinski definition) is 3. The van der Waals surface area contributed by atoms with Crippen LogP contribution in [-0.2, 0) is 9.53 Å². The zero-order valence-electron chi connectivity index (χ0n) is 13.3. The molecular weight excluding hydrogens is 264 g/mol. The molecule has 1 aromatic rings. The molecule has 0 aromatic heterocycles. The van der Waals surface area contributed by atoms with Gasteiger partial charge in [0.25, 0.3) is 0 Å². The highest BCUT2D eigenvalue weighted by molar-refractivity contribution is 5.76. The average Bonchev–Trinajstić information content (AvgIpc) is 2.47. The summed E-state index contributed by atoms with van der Waals surface area (Å²) in [6.07, 6.45) is 3.42. The average molecular weight is 290 g/mol. The number of aliphatic hydroxyl groups excluding tert-OH is 1. The summed E-state index contributed by atoms with van der Waals surface area (Å²) in [4.78, 5) is 11.8. The van der Waals surface area contributed by atoms with Crippen molar-refractivity contribution in [3.05, 3.63) is 35.4 Å². The van der Waals surface area contributed by atoms with Crippen molar-refractivity contribution in [3.63, 3.8) is 0 Å². The normalized spacial score (nSPS) is 20.0. The molecule has 0 radical (unpaired) electrons. The zero-order valence-corrected chi connectivity index (χ0v) is 13.3. The summed E-state index contributed by atoms with van der Waals surface area (Å²) in [6, 6.07) is 7.74. The summed E-state index contributed by atoms with van der Waals surface area (Å²) in [7, 11) is 0. The topological polar surface area (TPSA) is 46.5 Å². The van der Waals surface area contributed by atoms with E-state index in [-0.39, 0.29) is 6.61 Å². The van der Waals surface area contributed by atoms with E-state index >= 15 is 0 Å². The summed E-state index contributed by atoms with van der Waals surface area (Å²) >= 11 is 0. The van der Waals surface area contributed by atoms with E-state index in [4.69, 9.17) is 4.74 Å². The number of carbonyl (C=O) groups is 1. The first kappa shape index (κ1) is 16.0. The molecular formula is C18H26O3. The molecule has 2 rings (SSSR count). The van der Waals surface area contributed by atoms with Crippen LogP contribution in [0, 0.1) is 5.41 Å². The third kappa shape index (κ3) is 3.85. The molecule has 3 heteroatoms. The Morgan fingerprint density at radius 2 is 1.95 bits per heavy atom. The fourth-order valence-corrected chi connectivity index (χ4v) is 3.19. The van der Waals surface area contributed by atoms with Crippen LogP contribution in [0.4, 0.5) is 0 Å². The highest BCUT2D eigenvalue weighted by Gasteiger charge is 2.30. The zero-order chi connectivity index (χ0) is 15.5. The molecule has 1 aliphatic rings. The van der Waals surface area contributed by atoms with E-state index in [1.807, 2.05) is 24.3 Å². The van der Waals surface area contributed by atoms with Gasteiger partial charge in [0, 0.05) is 0 Å². The predicted octanol–water partition coefficient (Wildman–Crippen LogP) is 3.97. The highest BCUT2D eigenvalue weighted by Crippen LogP contribution is 2.43. The van der Waals surface area contributed by atoms with Crippen molar-refractivity contribution in [2.45, 2.75) is 58.5 Å². The Labute approximate surface area is 127 Å². The van der Waals surface area contributed by atoms with Crippen LogP contribution < -0.4 is 0 Å². The van der Waals surface area contributed by atoms with Crippen LogP contribution in [0.3, 0.4) is 0 Å². The van der Waals surface area contributed by atoms with E-state index in [2.05, 4.69) is 13.8 Å². The lowest BCUT2D eigenvalue weighted by Crippen LogP contribution is -2.22. The molecule has 0 aliphatic heterocycles. The fraction of sp³-hybridized carbons (Fsp3) is 0.611. The third-order valence-electron chi connectivity index (χ3n) is 4.58. The third-order valence-corrected chi connectivity index (χ3v) is 4.58. The molecule has 1 aromatic carbocycles. The van der Waals surface area contributed by atoms with E-state index in [0.717, 1.165) is 18.4 Å². The first-order chi connectivity index (χ1) is 9.94. The molecule has 1 fully saturated rings. The lowest BCUT2D eigenvalue weighted by Gasteiger charge is -2.35. The Balaban J connectivity index is 2.19. The van der Waals surface area contributed by atoms with Gasteiger partial charge in [0.05, 0.1) is 6.61 Å². The lowest BCUT2D eigenvalue weighted by molar-refractivity contribution is -0.153. The number of esters is 1. The van der Waals surface area contributed by atoms with Crippen LogP contribution in [0.5, 0.6) is 0 Å². The maximum absolute atomic E-state index is 11.8. The quantitative estimate of drug-likeness (QED) is 0.854. The van der Waals surface area contributed by atoms with E-state index < -0.39 is 12.1 Å². The minimum atomic E-state index is -1.17. The summed E-state index contributed by atoms with van der Waals surface area (Å²) in [5.74, 6) is -0.126. The molecule has 1 aliphatic carbocycles. The van der Waals surface area contributed by atoms with Gasteiger partial charge in [-0.05, 0) is 55.1 Å². The second-order valence-electron chi connectivity index (χ2n) is 6.72. The van der Waals surface area contributed by atoms with E-state index in [1.54, 1.807) is 6.92 Å². The molecule has 3 nitrogen and oxygen atoms in total. The Bertz CT molecular complexity index is 483. The predicted molar refractivity (Wildman–Crippen MR) is 83.0 cm³/mol. The molecule has 0 bridgehead atoms. The molecule has 0 spiro atoms. The Hall–Kier alpha value is -1.35. The summed E-state index contributed by atoms with van der Waals surface area (Å²) in [6.45, 7) is 6.65. The second-order valence-corrected chi connectivity index (χ2v) is 6.72. The molecule has 1 saturated carbocycles. The number of rotatable bonds is 4. The second kappa shape index (κ2) is 6.61. The Morgan fingerprint density at radius 1 is 1.33 bits per heavy atom. The standard InChI is InChI=1S/C18H26O3/c1-4-21-17(20)16(19)15-8-6-5-7-14(15)13-9-11-18(2,3)12-10-13/h5-8,13,16,19H,4,9-12H2,1-3H3. The molecule has 1 N–H and O–H groups in total. The van der Waals surface area contributed by atoms with E-state index in [9.17, 15) is 9.90 Å². The molecule has 1 atom stereocenters. The molecule has 0 saturated heterocycles. The fourth-order valence-electron chi connectivity index (χ4n) is 3.19. The van der Waals surface area contributed by atoms with Gasteiger partial charge in [-0.25, -0.2) is 4.79 Å². The summed E-state index contributed by atoms with van der Waals surface area (Å²) in [5, 5.41) is 10.3. The number of ether oxygens (including phenoxy) is 1. The van der Waals surface area contributed by atoms with Crippen molar-refractivity contribution in [1.82, 2.24) is 0 Å². The van der Waals surface area contributed by atoms with Crippen LogP contribution in [0.1, 0.15) is 69.6 Å². The Kier molecular flexibility index (Phi) is 5.04. The van der Waals surface area contributed by atoms with Crippen LogP contribution >= 0.6 is 0 Å². The van der Waals surface area contributed by atoms with Crippen molar-refractivity contribution in [2.24, 2.45) is 5.41 Å². The van der Waals surface area contributed by atoms with E-state index in [1.165, 1.54) is 12.8 Å². The smallest absolute Gasteiger partial charge is 0.339 e. The van der Waals surface area contributed by atoms with Crippen LogP contribution in [0.15, 0.2) is 24.3 Å². The van der Waals surface area contributed by atoms with Gasteiger partial charge in [-0.15, -0.1) is 0 Å². The van der Waals surface area contributed by atoms with Crippen molar-refractivity contribution < 1.29 is 14.6 Å². The monoisotopic (exact) mass is 290 g/mol. The van der Waals surface area contributed by atoms with Crippen LogP contribution in [-0.4, -0.2) is 17.7 Å². The van der Waals surface area contributed by atoms with Crippen LogP contribution in [0.2, 0.25) is 0 Å². The number of carbonyl (C=O) groups excluding carboxylic acids is 1. The van der Waals surface area contributed by atoms with Gasteiger partial charge in [-0.1, -0.05) is 38.1 Å². The van der Waals surface area contributed by atoms with Gasteiger partial charge in [-0.2, -0.15) is 0 Å². The molecule has 0 amide bonds. The van der Waals surface area contributed by atoms with Crippen molar-refractivity contribution in [1.29, 1.82) is 0 Å². The van der Waals surface area contributed by atoms with Gasteiger partial charge in [0.15, 0.2) is 6.10 Å². The molecule has 0 heterocycles. The highest BCUT2D eigenvalue weighted by atomic mass is 16.5. The number of benzene rings is 1. The maximum Gasteiger partial charge on any atom is 0.339 e. The van der Waals surface area contributed by atoms with Gasteiger partial charge in [0.2, 0.25) is 0 Å². The lowest BCUT2D eigenvalue weighted by atomic mass is 9.70. The SMILES string of the molecule is CCOC(=O)C(O)c1ccccc1C1CCC(C)(C)CC1. The van der Waals surface area contributed by atoms with Crippen molar-refractivity contribution >= 4 is 5.97 Å². The van der Waals surface area contributed by atoms with Crippen molar-refractivity contribution in [2.75, 3.05) is 6.61 Å². The van der Waals surface area contributed by atoms with Crippen molar-refractivity contribution in [3.8, 4) is 0 Å². The number of hydrogen-bond donors (Lipinski definition) is 1. The minimum absolute atomic E-state index is 0.287. The Morgan fingerprint density at radius 3 is 2.57 bits per heavy atom. The molecule has 1 unspecified atom stereocenters. The largest absolute Gasteiger partial charge is 0.464 e. The summed E-state index contributed by atoms with van der Waals surface area (Å²) < 4.78 is 4.94. The van der Waals surface area contributed by atoms with Crippen LogP contribution in [0.25, 0.3) is 0 Å². The maximum atomic E-state index is 11.8. The van der Waals surface area contributed by atoms with E-state index in [0.29, 0.717) is 16.9 Å². The van der Waals surface area contributed by atoms with Gasteiger partial charge >= 0.3 is 5.97 Å². The van der Waals surface area contributed by atoms with Gasteiger partial charge in [-0.3, -0.25) is 0 Å². The molecule has 21 heavy (non-hydrogen) atoms. The van der Waals surface area contributed by atoms with Gasteiger partial charge in [0.1, 0.15) is 0 Å². The number of aliphatic hydroxyl groups is 1. The first-order valence-electron chi connectivity index (χ1n) is 7.88. The summed E-state index contributed by atoms with van der Waals surface area (Å²) in [5.41, 5.74) is 2.22. The van der Waals surface area contributed by atoms with Gasteiger partial charge < -0.3 is 9.84 Å².